The lowest BCUT2D eigenvalue weighted by atomic mass is 9.99. The molecule has 37 heavy (non-hydrogen) atoms. The van der Waals surface area contributed by atoms with Crippen LogP contribution in [0.5, 0.6) is 0 Å². The predicted octanol–water partition coefficient (Wildman–Crippen LogP) is 6.40. The molecule has 7 nitrogen and oxygen atoms in total. The molecule has 0 aliphatic rings. The molecule has 0 aliphatic heterocycles. The van der Waals surface area contributed by atoms with Gasteiger partial charge in [-0.25, -0.2) is 9.97 Å². The van der Waals surface area contributed by atoms with Gasteiger partial charge in [0.25, 0.3) is 0 Å². The third kappa shape index (κ3) is 6.39. The summed E-state index contributed by atoms with van der Waals surface area (Å²) >= 11 is 1.78. The van der Waals surface area contributed by atoms with E-state index in [9.17, 15) is 0 Å². The van der Waals surface area contributed by atoms with E-state index in [1.165, 1.54) is 26.8 Å². The highest BCUT2D eigenvalue weighted by Crippen LogP contribution is 2.40. The number of nitrogens with zero attached hydrogens (tertiary/aromatic N) is 5. The Kier molecular flexibility index (Phi) is 8.98. The van der Waals surface area contributed by atoms with Crippen LogP contribution in [-0.4, -0.2) is 46.3 Å². The van der Waals surface area contributed by atoms with Gasteiger partial charge in [-0.1, -0.05) is 31.2 Å². The van der Waals surface area contributed by atoms with E-state index in [4.69, 9.17) is 4.98 Å². The predicted molar refractivity (Wildman–Crippen MR) is 157 cm³/mol. The fraction of sp³-hybridized carbons (Fsp3) is 0.310. The summed E-state index contributed by atoms with van der Waals surface area (Å²) in [4.78, 5) is 15.1. The van der Waals surface area contributed by atoms with Crippen LogP contribution >= 0.6 is 11.3 Å². The Bertz CT molecular complexity index is 1390. The molecule has 0 aliphatic carbocycles. The van der Waals surface area contributed by atoms with Gasteiger partial charge in [0.1, 0.15) is 0 Å². The topological polar surface area (TPSA) is 78.3 Å². The number of nitrogens with one attached hydrogen (secondary N) is 2. The van der Waals surface area contributed by atoms with E-state index in [-0.39, 0.29) is 0 Å². The molecule has 0 saturated carbocycles. The number of anilines is 1. The normalized spacial score (nSPS) is 11.4. The van der Waals surface area contributed by atoms with Crippen molar-refractivity contribution in [3.8, 4) is 21.7 Å². The number of hydrogen-bond acceptors (Lipinski definition) is 8. The van der Waals surface area contributed by atoms with Gasteiger partial charge in [0, 0.05) is 48.8 Å². The maximum atomic E-state index is 4.88. The molecule has 0 unspecified atom stereocenters. The Morgan fingerprint density at radius 1 is 1.11 bits per heavy atom. The highest BCUT2D eigenvalue weighted by Gasteiger charge is 2.15. The van der Waals surface area contributed by atoms with Crippen molar-refractivity contribution in [2.75, 3.05) is 25.0 Å². The van der Waals surface area contributed by atoms with E-state index >= 15 is 0 Å². The van der Waals surface area contributed by atoms with Crippen molar-refractivity contribution in [3.63, 3.8) is 0 Å². The van der Waals surface area contributed by atoms with E-state index in [0.29, 0.717) is 19.0 Å². The molecule has 0 bridgehead atoms. The first-order chi connectivity index (χ1) is 18.0. The number of aromatic nitrogens is 3. The lowest BCUT2D eigenvalue weighted by molar-refractivity contribution is 0.417. The second-order valence-corrected chi connectivity index (χ2v) is 9.99. The highest BCUT2D eigenvalue weighted by atomic mass is 32.1. The van der Waals surface area contributed by atoms with E-state index in [2.05, 4.69) is 76.6 Å². The highest BCUT2D eigenvalue weighted by molar-refractivity contribution is 7.22. The summed E-state index contributed by atoms with van der Waals surface area (Å²) in [6.45, 7) is 15.0. The van der Waals surface area contributed by atoms with E-state index < -0.39 is 0 Å². The van der Waals surface area contributed by atoms with E-state index in [1.54, 1.807) is 16.3 Å². The number of thiophene rings is 1. The van der Waals surface area contributed by atoms with Crippen molar-refractivity contribution < 1.29 is 0 Å². The van der Waals surface area contributed by atoms with Crippen LogP contribution in [0.25, 0.3) is 31.8 Å². The zero-order valence-corrected chi connectivity index (χ0v) is 22.9. The van der Waals surface area contributed by atoms with Gasteiger partial charge in [0.2, 0.25) is 5.95 Å². The van der Waals surface area contributed by atoms with Crippen LogP contribution in [0, 0.1) is 13.8 Å². The maximum absolute atomic E-state index is 4.88. The Hall–Kier alpha value is -3.62. The zero-order valence-electron chi connectivity index (χ0n) is 22.1. The molecule has 4 aromatic rings. The fourth-order valence-electron chi connectivity index (χ4n) is 4.19. The minimum absolute atomic E-state index is 0.608. The summed E-state index contributed by atoms with van der Waals surface area (Å²) in [6.07, 6.45) is 8.82. The Balaban J connectivity index is 1.66. The number of fused-ring (bicyclic) bond motifs is 1. The number of pyridine rings is 1. The van der Waals surface area contributed by atoms with Crippen molar-refractivity contribution >= 4 is 34.1 Å². The van der Waals surface area contributed by atoms with E-state index in [1.807, 2.05) is 38.5 Å². The number of benzene rings is 1. The van der Waals surface area contributed by atoms with Crippen molar-refractivity contribution in [1.29, 1.82) is 0 Å². The second-order valence-electron chi connectivity index (χ2n) is 8.93. The molecular weight excluding hydrogens is 478 g/mol. The van der Waals surface area contributed by atoms with Gasteiger partial charge in [-0.05, 0) is 73.5 Å². The van der Waals surface area contributed by atoms with Crippen molar-refractivity contribution in [2.45, 2.75) is 40.7 Å². The summed E-state index contributed by atoms with van der Waals surface area (Å²) in [6, 6.07) is 11.0. The molecule has 2 N–H and O–H groups in total. The van der Waals surface area contributed by atoms with Crippen LogP contribution in [0.2, 0.25) is 0 Å². The molecule has 0 atom stereocenters. The van der Waals surface area contributed by atoms with Gasteiger partial charge in [0.15, 0.2) is 0 Å². The first-order valence-corrected chi connectivity index (χ1v) is 13.5. The fourth-order valence-corrected chi connectivity index (χ4v) is 5.44. The number of hydrazone groups is 1. The molecule has 0 fully saturated rings. The average molecular weight is 514 g/mol. The van der Waals surface area contributed by atoms with Crippen LogP contribution in [0.15, 0.2) is 60.1 Å². The van der Waals surface area contributed by atoms with Gasteiger partial charge < -0.3 is 10.6 Å². The molecule has 0 saturated heterocycles. The molecule has 0 spiro atoms. The largest absolute Gasteiger partial charge is 0.352 e. The first-order valence-electron chi connectivity index (χ1n) is 12.7. The summed E-state index contributed by atoms with van der Waals surface area (Å²) in [7, 11) is 0. The Labute approximate surface area is 223 Å². The molecule has 0 amide bonds. The average Bonchev–Trinajstić information content (AvgIpc) is 3.34. The van der Waals surface area contributed by atoms with Gasteiger partial charge >= 0.3 is 0 Å². The van der Waals surface area contributed by atoms with Gasteiger partial charge in [0.05, 0.1) is 17.1 Å². The molecule has 3 aromatic heterocycles. The molecule has 3 heterocycles. The zero-order chi connectivity index (χ0) is 26.2. The summed E-state index contributed by atoms with van der Waals surface area (Å²) in [5.41, 5.74) is 6.70. The summed E-state index contributed by atoms with van der Waals surface area (Å²) in [5.74, 6) is 0.608. The van der Waals surface area contributed by atoms with Crippen LogP contribution in [-0.2, 0) is 6.54 Å². The van der Waals surface area contributed by atoms with Crippen LogP contribution in [0.1, 0.15) is 37.1 Å². The number of hydrogen-bond donors (Lipinski definition) is 2. The minimum atomic E-state index is 0.608. The molecule has 4 rings (SSSR count). The lowest BCUT2D eigenvalue weighted by Crippen LogP contribution is -2.20. The molecule has 1 aromatic carbocycles. The van der Waals surface area contributed by atoms with E-state index in [0.717, 1.165) is 41.3 Å². The van der Waals surface area contributed by atoms with Gasteiger partial charge in [-0.2, -0.15) is 5.10 Å². The van der Waals surface area contributed by atoms with Crippen LogP contribution < -0.4 is 10.6 Å². The minimum Gasteiger partial charge on any atom is -0.352 e. The smallest absolute Gasteiger partial charge is 0.223 e. The van der Waals surface area contributed by atoms with Crippen LogP contribution in [0.4, 0.5) is 5.95 Å². The van der Waals surface area contributed by atoms with Crippen molar-refractivity contribution in [2.24, 2.45) is 5.10 Å². The molecule has 192 valence electrons. The lowest BCUT2D eigenvalue weighted by Gasteiger charge is -2.14. The monoisotopic (exact) mass is 513 g/mol. The molecule has 0 radical (unpaired) electrons. The number of rotatable bonds is 12. The van der Waals surface area contributed by atoms with Gasteiger partial charge in [-0.3, -0.25) is 9.99 Å². The Morgan fingerprint density at radius 3 is 2.76 bits per heavy atom. The van der Waals surface area contributed by atoms with Crippen molar-refractivity contribution in [3.05, 3.63) is 71.8 Å². The SMILES string of the molecule is C=NN(/C=C\C)CCNc1ncc(C)c(-c2cc3cccc(-c4cc(C)ncc4CNCCC)c3s2)n1. The standard InChI is InChI=1S/C29H35N7S/c1-6-11-31-18-23-19-33-21(4)15-25(23)24-10-8-9-22-16-26(37-28(22)24)27-20(3)17-34-29(35-27)32-12-14-36(30-5)13-7-2/h7-10,13,15-17,19,31H,5-6,11-12,14,18H2,1-4H3,(H,32,34,35)/b13-7-. The third-order valence-corrected chi connectivity index (χ3v) is 7.22. The van der Waals surface area contributed by atoms with Crippen molar-refractivity contribution in [1.82, 2.24) is 25.3 Å². The Morgan fingerprint density at radius 2 is 1.97 bits per heavy atom. The quantitative estimate of drug-likeness (QED) is 0.130. The number of aryl methyl sites for hydroxylation is 2. The van der Waals surface area contributed by atoms with Crippen LogP contribution in [0.3, 0.4) is 0 Å². The van der Waals surface area contributed by atoms with Gasteiger partial charge in [-0.15, -0.1) is 11.3 Å². The molecule has 8 heteroatoms. The summed E-state index contributed by atoms with van der Waals surface area (Å²) < 4.78 is 1.26. The number of allylic oxidation sites excluding steroid dienone is 1. The summed E-state index contributed by atoms with van der Waals surface area (Å²) in [5, 5.41) is 13.8. The molecular formula is C29H35N7S. The maximum Gasteiger partial charge on any atom is 0.223 e. The third-order valence-electron chi connectivity index (χ3n) is 6.03. The second kappa shape index (κ2) is 12.6. The first kappa shape index (κ1) is 26.4.